The van der Waals surface area contributed by atoms with Gasteiger partial charge in [-0.3, -0.25) is 14.8 Å². The Morgan fingerprint density at radius 2 is 2.16 bits per heavy atom. The third-order valence-corrected chi connectivity index (χ3v) is 4.57. The Balaban J connectivity index is 1.79. The van der Waals surface area contributed by atoms with Gasteiger partial charge < -0.3 is 4.90 Å². The maximum absolute atomic E-state index is 12.7. The molecule has 3 heterocycles. The molecule has 11 heteroatoms. The smallest absolute Gasteiger partial charge is 0.354 e. The monoisotopic (exact) mass is 419 g/mol. The molecule has 0 amide bonds. The third-order valence-electron chi connectivity index (χ3n) is 3.99. The molecule has 134 valence electrons. The van der Waals surface area contributed by atoms with Crippen LogP contribution in [0.4, 0.5) is 24.7 Å². The predicted octanol–water partition coefficient (Wildman–Crippen LogP) is 3.81. The number of hydrogen-bond donors (Lipinski definition) is 0. The highest BCUT2D eigenvalue weighted by molar-refractivity contribution is 9.10. The molecule has 3 rings (SSSR count). The fourth-order valence-electron chi connectivity index (χ4n) is 2.81. The Morgan fingerprint density at radius 3 is 2.76 bits per heavy atom. The zero-order chi connectivity index (χ0) is 18.2. The summed E-state index contributed by atoms with van der Waals surface area (Å²) in [6.45, 7) is 1.08. The summed E-state index contributed by atoms with van der Waals surface area (Å²) in [6.07, 6.45) is -0.533. The first-order valence-corrected chi connectivity index (χ1v) is 8.22. The highest BCUT2D eigenvalue weighted by Gasteiger charge is 2.34. The van der Waals surface area contributed by atoms with Crippen LogP contribution in [0.15, 0.2) is 29.0 Å². The molecule has 1 fully saturated rings. The maximum atomic E-state index is 12.7. The van der Waals surface area contributed by atoms with E-state index in [-0.39, 0.29) is 11.7 Å². The van der Waals surface area contributed by atoms with Gasteiger partial charge in [-0.15, -0.1) is 0 Å². The molecule has 1 aliphatic rings. The minimum absolute atomic E-state index is 0.133. The van der Waals surface area contributed by atoms with Gasteiger partial charge in [-0.25, -0.2) is 4.98 Å². The standard InChI is InChI=1S/C14H13BrF3N5O2/c15-11-6-10(23(24)25)7-19-13(11)21-4-1-2-9(8-21)22-5-3-12(20-22)14(16,17)18/h3,5-7,9H,1-2,4,8H2. The Labute approximate surface area is 148 Å². The minimum Gasteiger partial charge on any atom is -0.354 e. The van der Waals surface area contributed by atoms with Crippen molar-refractivity contribution in [3.8, 4) is 0 Å². The Bertz CT molecular complexity index is 795. The Morgan fingerprint density at radius 1 is 1.40 bits per heavy atom. The van der Waals surface area contributed by atoms with Crippen LogP contribution in [0.25, 0.3) is 0 Å². The van der Waals surface area contributed by atoms with Crippen molar-refractivity contribution in [2.45, 2.75) is 25.1 Å². The second kappa shape index (κ2) is 6.62. The summed E-state index contributed by atoms with van der Waals surface area (Å²) in [5, 5.41) is 14.4. The fraction of sp³-hybridized carbons (Fsp3) is 0.429. The van der Waals surface area contributed by atoms with E-state index in [2.05, 4.69) is 26.0 Å². The molecule has 25 heavy (non-hydrogen) atoms. The van der Waals surface area contributed by atoms with E-state index in [1.165, 1.54) is 23.1 Å². The topological polar surface area (TPSA) is 77.1 Å². The molecule has 0 spiro atoms. The van der Waals surface area contributed by atoms with E-state index in [4.69, 9.17) is 0 Å². The lowest BCUT2D eigenvalue weighted by molar-refractivity contribution is -0.385. The molecule has 0 radical (unpaired) electrons. The molecule has 1 unspecified atom stereocenters. The number of nitrogens with zero attached hydrogens (tertiary/aromatic N) is 5. The molecular weight excluding hydrogens is 407 g/mol. The summed E-state index contributed by atoms with van der Waals surface area (Å²) < 4.78 is 39.9. The summed E-state index contributed by atoms with van der Waals surface area (Å²) >= 11 is 3.28. The molecule has 0 aliphatic carbocycles. The van der Waals surface area contributed by atoms with Crippen LogP contribution in [0.2, 0.25) is 0 Å². The van der Waals surface area contributed by atoms with Crippen molar-refractivity contribution in [1.82, 2.24) is 14.8 Å². The zero-order valence-electron chi connectivity index (χ0n) is 12.8. The summed E-state index contributed by atoms with van der Waals surface area (Å²) in [4.78, 5) is 16.3. The van der Waals surface area contributed by atoms with E-state index < -0.39 is 16.8 Å². The van der Waals surface area contributed by atoms with Crippen LogP contribution in [-0.4, -0.2) is 32.8 Å². The third kappa shape index (κ3) is 3.75. The second-order valence-electron chi connectivity index (χ2n) is 5.68. The van der Waals surface area contributed by atoms with Gasteiger partial charge in [0.05, 0.1) is 15.4 Å². The molecule has 1 saturated heterocycles. The number of piperidine rings is 1. The molecule has 0 N–H and O–H groups in total. The van der Waals surface area contributed by atoms with Crippen LogP contribution in [0.5, 0.6) is 0 Å². The van der Waals surface area contributed by atoms with Crippen molar-refractivity contribution < 1.29 is 18.1 Å². The highest BCUT2D eigenvalue weighted by atomic mass is 79.9. The van der Waals surface area contributed by atoms with Gasteiger partial charge in [-0.05, 0) is 34.8 Å². The summed E-state index contributed by atoms with van der Waals surface area (Å²) in [5.41, 5.74) is -1.05. The number of aromatic nitrogens is 3. The quantitative estimate of drug-likeness (QED) is 0.558. The normalized spacial score (nSPS) is 18.4. The Kier molecular flexibility index (Phi) is 4.67. The van der Waals surface area contributed by atoms with Gasteiger partial charge in [0.15, 0.2) is 5.69 Å². The van der Waals surface area contributed by atoms with Crippen molar-refractivity contribution in [1.29, 1.82) is 0 Å². The number of hydrogen-bond acceptors (Lipinski definition) is 5. The van der Waals surface area contributed by atoms with Gasteiger partial charge in [0, 0.05) is 25.4 Å². The zero-order valence-corrected chi connectivity index (χ0v) is 14.4. The molecular formula is C14H13BrF3N5O2. The highest BCUT2D eigenvalue weighted by Crippen LogP contribution is 2.33. The van der Waals surface area contributed by atoms with Gasteiger partial charge in [0.1, 0.15) is 12.0 Å². The van der Waals surface area contributed by atoms with E-state index in [9.17, 15) is 23.3 Å². The summed E-state index contributed by atoms with van der Waals surface area (Å²) in [5.74, 6) is 0.526. The molecule has 0 bridgehead atoms. The molecule has 1 atom stereocenters. The van der Waals surface area contributed by atoms with Crippen LogP contribution in [-0.2, 0) is 6.18 Å². The Hall–Kier alpha value is -2.17. The number of nitro groups is 1. The van der Waals surface area contributed by atoms with Gasteiger partial charge in [-0.2, -0.15) is 18.3 Å². The lowest BCUT2D eigenvalue weighted by Gasteiger charge is -2.34. The number of alkyl halides is 3. The van der Waals surface area contributed by atoms with Gasteiger partial charge >= 0.3 is 6.18 Å². The van der Waals surface area contributed by atoms with Crippen molar-refractivity contribution in [2.24, 2.45) is 0 Å². The second-order valence-corrected chi connectivity index (χ2v) is 6.53. The van der Waals surface area contributed by atoms with Crippen molar-refractivity contribution in [2.75, 3.05) is 18.0 Å². The van der Waals surface area contributed by atoms with E-state index in [1.54, 1.807) is 0 Å². The molecule has 0 saturated carbocycles. The fourth-order valence-corrected chi connectivity index (χ4v) is 3.40. The van der Waals surface area contributed by atoms with Crippen molar-refractivity contribution in [3.63, 3.8) is 0 Å². The van der Waals surface area contributed by atoms with Gasteiger partial charge in [-0.1, -0.05) is 0 Å². The molecule has 0 aromatic carbocycles. The molecule has 2 aromatic rings. The first kappa shape index (κ1) is 17.6. The van der Waals surface area contributed by atoms with E-state index in [1.807, 2.05) is 4.90 Å². The first-order valence-electron chi connectivity index (χ1n) is 7.43. The average molecular weight is 420 g/mol. The maximum Gasteiger partial charge on any atom is 0.435 e. The molecule has 7 nitrogen and oxygen atoms in total. The van der Waals surface area contributed by atoms with Crippen LogP contribution in [0, 0.1) is 10.1 Å². The minimum atomic E-state index is -4.47. The molecule has 2 aromatic heterocycles. The lowest BCUT2D eigenvalue weighted by Crippen LogP contribution is -2.37. The van der Waals surface area contributed by atoms with Crippen molar-refractivity contribution in [3.05, 3.63) is 44.8 Å². The number of rotatable bonds is 3. The molecule has 1 aliphatic heterocycles. The van der Waals surface area contributed by atoms with E-state index in [0.29, 0.717) is 29.8 Å². The largest absolute Gasteiger partial charge is 0.435 e. The number of pyridine rings is 1. The van der Waals surface area contributed by atoms with Crippen molar-refractivity contribution >= 4 is 27.4 Å². The van der Waals surface area contributed by atoms with Gasteiger partial charge in [0.25, 0.3) is 5.69 Å². The predicted molar refractivity (Wildman–Crippen MR) is 86.3 cm³/mol. The lowest BCUT2D eigenvalue weighted by atomic mass is 10.1. The van der Waals surface area contributed by atoms with Crippen LogP contribution < -0.4 is 4.90 Å². The SMILES string of the molecule is O=[N+]([O-])c1cnc(N2CCCC(n3ccc(C(F)(F)F)n3)C2)c(Br)c1. The number of halogens is 4. The van der Waals surface area contributed by atoms with Crippen LogP contribution in [0.3, 0.4) is 0 Å². The average Bonchev–Trinajstić information content (AvgIpc) is 3.05. The van der Waals surface area contributed by atoms with Crippen LogP contribution >= 0.6 is 15.9 Å². The van der Waals surface area contributed by atoms with E-state index in [0.717, 1.165) is 12.5 Å². The van der Waals surface area contributed by atoms with E-state index >= 15 is 0 Å². The summed E-state index contributed by atoms with van der Waals surface area (Å²) in [7, 11) is 0. The van der Waals surface area contributed by atoms with Gasteiger partial charge in [0.2, 0.25) is 0 Å². The van der Waals surface area contributed by atoms with Crippen LogP contribution in [0.1, 0.15) is 24.6 Å². The first-order chi connectivity index (χ1) is 11.8. The number of anilines is 1. The summed E-state index contributed by atoms with van der Waals surface area (Å²) in [6, 6.07) is 2.09.